The molecular weight excluding hydrogens is 248 g/mol. The zero-order valence-electron chi connectivity index (χ0n) is 13.2. The highest BCUT2D eigenvalue weighted by Gasteiger charge is 2.11. The molecule has 0 aromatic rings. The van der Waals surface area contributed by atoms with Crippen LogP contribution in [0.5, 0.6) is 0 Å². The molecule has 3 nitrogen and oxygen atoms in total. The van der Waals surface area contributed by atoms with Gasteiger partial charge in [-0.2, -0.15) is 5.26 Å². The number of nitrogens with zero attached hydrogens (tertiary/aromatic N) is 1. The third-order valence-corrected chi connectivity index (χ3v) is 3.62. The molecule has 0 unspecified atom stereocenters. The van der Waals surface area contributed by atoms with Crippen molar-refractivity contribution in [2.75, 3.05) is 13.2 Å². The fourth-order valence-corrected chi connectivity index (χ4v) is 2.24. The molecule has 2 fully saturated rings. The van der Waals surface area contributed by atoms with E-state index < -0.39 is 0 Å². The zero-order chi connectivity index (χ0) is 15.1. The lowest BCUT2D eigenvalue weighted by molar-refractivity contribution is 0.0866. The SMILES string of the molecule is CC#CC.N#CCC1CCCCC1.NC1CCOCC1. The van der Waals surface area contributed by atoms with E-state index >= 15 is 0 Å². The second-order valence-electron chi connectivity index (χ2n) is 5.32. The minimum Gasteiger partial charge on any atom is -0.381 e. The fourth-order valence-electron chi connectivity index (χ4n) is 2.24. The highest BCUT2D eigenvalue weighted by molar-refractivity contribution is 4.89. The Morgan fingerprint density at radius 1 is 1.00 bits per heavy atom. The third kappa shape index (κ3) is 12.0. The smallest absolute Gasteiger partial charge is 0.0624 e. The minimum absolute atomic E-state index is 0.411. The van der Waals surface area contributed by atoms with Crippen molar-refractivity contribution < 1.29 is 4.74 Å². The Morgan fingerprint density at radius 3 is 1.90 bits per heavy atom. The maximum absolute atomic E-state index is 8.37. The highest BCUT2D eigenvalue weighted by Crippen LogP contribution is 2.25. The van der Waals surface area contributed by atoms with Gasteiger partial charge in [-0.25, -0.2) is 0 Å². The molecule has 0 bridgehead atoms. The quantitative estimate of drug-likeness (QED) is 0.745. The van der Waals surface area contributed by atoms with Crippen molar-refractivity contribution in [3.63, 3.8) is 0 Å². The summed E-state index contributed by atoms with van der Waals surface area (Å²) in [4.78, 5) is 0. The van der Waals surface area contributed by atoms with Crippen molar-refractivity contribution in [3.8, 4) is 17.9 Å². The summed E-state index contributed by atoms with van der Waals surface area (Å²) >= 11 is 0. The summed E-state index contributed by atoms with van der Waals surface area (Å²) in [5.74, 6) is 6.10. The second-order valence-corrected chi connectivity index (χ2v) is 5.32. The van der Waals surface area contributed by atoms with Gasteiger partial charge in [0.25, 0.3) is 0 Å². The zero-order valence-corrected chi connectivity index (χ0v) is 13.2. The Bertz CT molecular complexity index is 293. The first-order valence-electron chi connectivity index (χ1n) is 7.78. The monoisotopic (exact) mass is 278 g/mol. The second kappa shape index (κ2) is 14.4. The Hall–Kier alpha value is -1.03. The van der Waals surface area contributed by atoms with Gasteiger partial charge in [-0.1, -0.05) is 19.3 Å². The van der Waals surface area contributed by atoms with E-state index in [9.17, 15) is 0 Å². The summed E-state index contributed by atoms with van der Waals surface area (Å²) in [6.07, 6.45) is 9.57. The Balaban J connectivity index is 0.000000293. The molecule has 2 N–H and O–H groups in total. The molecule has 20 heavy (non-hydrogen) atoms. The van der Waals surface area contributed by atoms with Gasteiger partial charge < -0.3 is 10.5 Å². The number of rotatable bonds is 1. The van der Waals surface area contributed by atoms with Crippen molar-refractivity contribution in [1.29, 1.82) is 5.26 Å². The molecule has 0 aromatic heterocycles. The normalized spacial score (nSPS) is 19.1. The standard InChI is InChI=1S/C8H13N.C5H11NO.C4H6/c9-7-6-8-4-2-1-3-5-8;6-5-1-3-7-4-2-5;1-3-4-2/h8H,1-6H2;5H,1-4,6H2;1-2H3. The molecule has 0 spiro atoms. The van der Waals surface area contributed by atoms with Crippen molar-refractivity contribution in [2.45, 2.75) is 71.3 Å². The van der Waals surface area contributed by atoms with E-state index in [4.69, 9.17) is 15.7 Å². The average Bonchev–Trinajstić information content (AvgIpc) is 2.50. The van der Waals surface area contributed by atoms with Crippen molar-refractivity contribution in [3.05, 3.63) is 0 Å². The Morgan fingerprint density at radius 2 is 1.55 bits per heavy atom. The van der Waals surface area contributed by atoms with Crippen LogP contribution in [0.2, 0.25) is 0 Å². The van der Waals surface area contributed by atoms with Gasteiger partial charge in [0, 0.05) is 25.7 Å². The van der Waals surface area contributed by atoms with E-state index in [2.05, 4.69) is 17.9 Å². The van der Waals surface area contributed by atoms with Crippen LogP contribution in [-0.4, -0.2) is 19.3 Å². The van der Waals surface area contributed by atoms with Crippen LogP contribution in [0.1, 0.15) is 65.2 Å². The summed E-state index contributed by atoms with van der Waals surface area (Å²) in [6, 6.07) is 2.65. The molecule has 1 saturated heterocycles. The van der Waals surface area contributed by atoms with E-state index in [1.54, 1.807) is 0 Å². The summed E-state index contributed by atoms with van der Waals surface area (Å²) in [6.45, 7) is 5.36. The van der Waals surface area contributed by atoms with Crippen LogP contribution < -0.4 is 5.73 Å². The third-order valence-electron chi connectivity index (χ3n) is 3.62. The van der Waals surface area contributed by atoms with Gasteiger partial charge in [-0.05, 0) is 45.4 Å². The van der Waals surface area contributed by atoms with Crippen LogP contribution in [0.15, 0.2) is 0 Å². The van der Waals surface area contributed by atoms with Crippen LogP contribution in [0, 0.1) is 29.1 Å². The van der Waals surface area contributed by atoms with Crippen molar-refractivity contribution in [1.82, 2.24) is 0 Å². The van der Waals surface area contributed by atoms with Gasteiger partial charge in [-0.3, -0.25) is 0 Å². The summed E-state index contributed by atoms with van der Waals surface area (Å²) in [7, 11) is 0. The first-order valence-corrected chi connectivity index (χ1v) is 7.78. The van der Waals surface area contributed by atoms with E-state index in [1.165, 1.54) is 32.1 Å². The lowest BCUT2D eigenvalue weighted by Crippen LogP contribution is -2.28. The van der Waals surface area contributed by atoms with Crippen LogP contribution in [-0.2, 0) is 4.74 Å². The number of nitrogens with two attached hydrogens (primary N) is 1. The Labute approximate surface area is 124 Å². The minimum atomic E-state index is 0.411. The largest absolute Gasteiger partial charge is 0.381 e. The molecular formula is C17H30N2O. The van der Waals surface area contributed by atoms with E-state index in [0.29, 0.717) is 6.04 Å². The van der Waals surface area contributed by atoms with E-state index in [-0.39, 0.29) is 0 Å². The number of hydrogen-bond donors (Lipinski definition) is 1. The van der Waals surface area contributed by atoms with Crippen LogP contribution in [0.4, 0.5) is 0 Å². The molecule has 3 heteroatoms. The molecule has 0 radical (unpaired) electrons. The first kappa shape index (κ1) is 19.0. The molecule has 2 aliphatic rings. The lowest BCUT2D eigenvalue weighted by atomic mass is 9.87. The fraction of sp³-hybridized carbons (Fsp3) is 0.824. The van der Waals surface area contributed by atoms with Gasteiger partial charge in [0.1, 0.15) is 0 Å². The maximum atomic E-state index is 8.37. The van der Waals surface area contributed by atoms with Crippen molar-refractivity contribution >= 4 is 0 Å². The Kier molecular flexibility index (Phi) is 13.6. The van der Waals surface area contributed by atoms with Gasteiger partial charge in [0.15, 0.2) is 0 Å². The van der Waals surface area contributed by atoms with Crippen molar-refractivity contribution in [2.24, 2.45) is 11.7 Å². The van der Waals surface area contributed by atoms with Crippen LogP contribution in [0.25, 0.3) is 0 Å². The molecule has 0 atom stereocenters. The molecule has 2 rings (SSSR count). The van der Waals surface area contributed by atoms with Gasteiger partial charge >= 0.3 is 0 Å². The first-order chi connectivity index (χ1) is 9.74. The molecule has 1 saturated carbocycles. The molecule has 0 aromatic carbocycles. The number of hydrogen-bond acceptors (Lipinski definition) is 3. The molecule has 1 aliphatic carbocycles. The summed E-state index contributed by atoms with van der Waals surface area (Å²) in [5, 5.41) is 8.37. The van der Waals surface area contributed by atoms with Gasteiger partial charge in [0.2, 0.25) is 0 Å². The van der Waals surface area contributed by atoms with Gasteiger partial charge in [-0.15, -0.1) is 11.8 Å². The highest BCUT2D eigenvalue weighted by atomic mass is 16.5. The van der Waals surface area contributed by atoms with Crippen LogP contribution >= 0.6 is 0 Å². The molecule has 1 heterocycles. The lowest BCUT2D eigenvalue weighted by Gasteiger charge is -2.17. The predicted octanol–water partition coefficient (Wildman–Crippen LogP) is 3.63. The van der Waals surface area contributed by atoms with E-state index in [1.807, 2.05) is 13.8 Å². The summed E-state index contributed by atoms with van der Waals surface area (Å²) in [5.41, 5.74) is 5.55. The van der Waals surface area contributed by atoms with E-state index in [0.717, 1.165) is 38.4 Å². The average molecular weight is 278 g/mol. The molecule has 0 amide bonds. The topological polar surface area (TPSA) is 59.0 Å². The predicted molar refractivity (Wildman–Crippen MR) is 84.0 cm³/mol. The number of nitriles is 1. The maximum Gasteiger partial charge on any atom is 0.0624 e. The summed E-state index contributed by atoms with van der Waals surface area (Å²) < 4.78 is 5.06. The molecule has 114 valence electrons. The molecule has 1 aliphatic heterocycles. The van der Waals surface area contributed by atoms with Crippen LogP contribution in [0.3, 0.4) is 0 Å². The van der Waals surface area contributed by atoms with Gasteiger partial charge in [0.05, 0.1) is 6.07 Å². The number of ether oxygens (including phenoxy) is 1.